The summed E-state index contributed by atoms with van der Waals surface area (Å²) >= 11 is 1.72. The van der Waals surface area contributed by atoms with Crippen molar-refractivity contribution in [3.8, 4) is 5.75 Å². The number of ether oxygens (including phenoxy) is 1. The fourth-order valence-corrected chi connectivity index (χ4v) is 4.49. The van der Waals surface area contributed by atoms with Gasteiger partial charge in [0.05, 0.1) is 18.2 Å². The first-order chi connectivity index (χ1) is 11.8. The Morgan fingerprint density at radius 2 is 2.42 bits per heavy atom. The lowest BCUT2D eigenvalue weighted by atomic mass is 9.77. The number of likely N-dealkylation sites (tertiary alicyclic amines) is 1. The normalized spacial score (nSPS) is 26.8. The highest BCUT2D eigenvalue weighted by atomic mass is 32.1. The van der Waals surface area contributed by atoms with Crippen LogP contribution < -0.4 is 10.1 Å². The minimum absolute atomic E-state index is 0.190. The summed E-state index contributed by atoms with van der Waals surface area (Å²) in [4.78, 5) is 19.0. The van der Waals surface area contributed by atoms with Gasteiger partial charge in [0, 0.05) is 31.7 Å². The van der Waals surface area contributed by atoms with E-state index in [1.54, 1.807) is 23.7 Å². The molecule has 2 saturated heterocycles. The molecule has 2 atom stereocenters. The van der Waals surface area contributed by atoms with E-state index in [2.05, 4.69) is 32.0 Å². The first kappa shape index (κ1) is 15.6. The highest BCUT2D eigenvalue weighted by Gasteiger charge is 2.54. The standard InChI is InChI=1S/C18H21N3O2S/c22-17-18(4-6-21(13-18)10-14-3-7-24-12-14)15(8-20-17)11-23-16-2-1-5-19-9-16/h1-3,5,7,9,12,15H,4,6,8,10-11,13H2,(H,20,22)/t15-,18-/m1/s1. The van der Waals surface area contributed by atoms with Crippen molar-refractivity contribution in [3.63, 3.8) is 0 Å². The number of hydrogen-bond acceptors (Lipinski definition) is 5. The predicted octanol–water partition coefficient (Wildman–Crippen LogP) is 2.16. The minimum atomic E-state index is -0.307. The zero-order valence-electron chi connectivity index (χ0n) is 13.5. The summed E-state index contributed by atoms with van der Waals surface area (Å²) in [6, 6.07) is 5.93. The molecule has 1 spiro atoms. The molecule has 2 aliphatic heterocycles. The second kappa shape index (κ2) is 6.53. The molecule has 0 bridgehead atoms. The molecule has 6 heteroatoms. The van der Waals surface area contributed by atoms with Gasteiger partial charge in [-0.3, -0.25) is 14.7 Å². The van der Waals surface area contributed by atoms with Crippen molar-refractivity contribution in [2.45, 2.75) is 13.0 Å². The number of nitrogens with zero attached hydrogens (tertiary/aromatic N) is 2. The maximum atomic E-state index is 12.6. The number of nitrogens with one attached hydrogen (secondary N) is 1. The second-order valence-corrected chi connectivity index (χ2v) is 7.44. The van der Waals surface area contributed by atoms with Crippen LogP contribution in [0.5, 0.6) is 5.75 Å². The summed E-state index contributed by atoms with van der Waals surface area (Å²) in [5.41, 5.74) is 1.02. The molecule has 2 fully saturated rings. The van der Waals surface area contributed by atoms with Crippen molar-refractivity contribution in [3.05, 3.63) is 46.9 Å². The molecule has 126 valence electrons. The number of thiophene rings is 1. The zero-order chi connectivity index (χ0) is 16.4. The van der Waals surface area contributed by atoms with Crippen LogP contribution in [-0.4, -0.2) is 42.0 Å². The first-order valence-corrected chi connectivity index (χ1v) is 9.25. The fraction of sp³-hybridized carbons (Fsp3) is 0.444. The van der Waals surface area contributed by atoms with Gasteiger partial charge in [0.2, 0.25) is 5.91 Å². The highest BCUT2D eigenvalue weighted by molar-refractivity contribution is 7.07. The number of carbonyl (C=O) groups excluding carboxylic acids is 1. The maximum absolute atomic E-state index is 12.6. The van der Waals surface area contributed by atoms with Crippen molar-refractivity contribution in [1.82, 2.24) is 15.2 Å². The van der Waals surface area contributed by atoms with Gasteiger partial charge in [-0.1, -0.05) is 0 Å². The van der Waals surface area contributed by atoms with Crippen LogP contribution in [0.15, 0.2) is 41.4 Å². The van der Waals surface area contributed by atoms with Gasteiger partial charge in [0.25, 0.3) is 0 Å². The lowest BCUT2D eigenvalue weighted by molar-refractivity contribution is -0.128. The van der Waals surface area contributed by atoms with Gasteiger partial charge >= 0.3 is 0 Å². The van der Waals surface area contributed by atoms with Crippen LogP contribution in [0.1, 0.15) is 12.0 Å². The number of carbonyl (C=O) groups is 1. The van der Waals surface area contributed by atoms with Crippen LogP contribution in [0.3, 0.4) is 0 Å². The molecule has 0 unspecified atom stereocenters. The molecule has 0 aliphatic carbocycles. The summed E-state index contributed by atoms with van der Waals surface area (Å²) < 4.78 is 5.89. The van der Waals surface area contributed by atoms with Crippen molar-refractivity contribution >= 4 is 17.2 Å². The van der Waals surface area contributed by atoms with Gasteiger partial charge in [-0.15, -0.1) is 0 Å². The van der Waals surface area contributed by atoms with Crippen LogP contribution in [0.2, 0.25) is 0 Å². The Kier molecular flexibility index (Phi) is 4.24. The zero-order valence-corrected chi connectivity index (χ0v) is 14.3. The monoisotopic (exact) mass is 343 g/mol. The lowest BCUT2D eigenvalue weighted by Gasteiger charge is -2.28. The van der Waals surface area contributed by atoms with E-state index in [1.807, 2.05) is 12.1 Å². The molecule has 2 aromatic rings. The third-order valence-corrected chi connectivity index (χ3v) is 5.93. The van der Waals surface area contributed by atoms with Gasteiger partial charge in [0.1, 0.15) is 5.75 Å². The third-order valence-electron chi connectivity index (χ3n) is 5.19. The van der Waals surface area contributed by atoms with Crippen LogP contribution >= 0.6 is 11.3 Å². The van der Waals surface area contributed by atoms with E-state index < -0.39 is 0 Å². The molecule has 0 saturated carbocycles. The van der Waals surface area contributed by atoms with E-state index in [0.717, 1.165) is 31.8 Å². The van der Waals surface area contributed by atoms with Crippen molar-refractivity contribution in [2.75, 3.05) is 26.2 Å². The maximum Gasteiger partial charge on any atom is 0.228 e. The number of pyridine rings is 1. The molecule has 24 heavy (non-hydrogen) atoms. The van der Waals surface area contributed by atoms with E-state index in [9.17, 15) is 4.79 Å². The first-order valence-electron chi connectivity index (χ1n) is 8.31. The quantitative estimate of drug-likeness (QED) is 0.904. The summed E-state index contributed by atoms with van der Waals surface area (Å²) in [6.07, 6.45) is 4.35. The predicted molar refractivity (Wildman–Crippen MR) is 92.9 cm³/mol. The molecule has 2 aromatic heterocycles. The van der Waals surface area contributed by atoms with Crippen molar-refractivity contribution in [1.29, 1.82) is 0 Å². The molecule has 4 rings (SSSR count). The molecule has 0 radical (unpaired) electrons. The number of rotatable bonds is 5. The Balaban J connectivity index is 1.43. The average Bonchev–Trinajstić information content (AvgIpc) is 3.32. The van der Waals surface area contributed by atoms with Gasteiger partial charge in [0.15, 0.2) is 0 Å². The van der Waals surface area contributed by atoms with E-state index in [0.29, 0.717) is 13.2 Å². The summed E-state index contributed by atoms with van der Waals surface area (Å²) in [7, 11) is 0. The van der Waals surface area contributed by atoms with E-state index >= 15 is 0 Å². The Hall–Kier alpha value is -1.92. The number of amides is 1. The molecule has 2 aliphatic rings. The molecule has 1 amide bonds. The Morgan fingerprint density at radius 1 is 1.46 bits per heavy atom. The van der Waals surface area contributed by atoms with Crippen molar-refractivity contribution < 1.29 is 9.53 Å². The number of aromatic nitrogens is 1. The fourth-order valence-electron chi connectivity index (χ4n) is 3.83. The average molecular weight is 343 g/mol. The van der Waals surface area contributed by atoms with Crippen LogP contribution in [0, 0.1) is 11.3 Å². The van der Waals surface area contributed by atoms with Crippen LogP contribution in [-0.2, 0) is 11.3 Å². The SMILES string of the molecule is O=C1NC[C@H](COc2cccnc2)[C@]12CCN(Cc1ccsc1)C2. The number of hydrogen-bond donors (Lipinski definition) is 1. The third kappa shape index (κ3) is 2.91. The molecule has 0 aromatic carbocycles. The minimum Gasteiger partial charge on any atom is -0.492 e. The Bertz CT molecular complexity index is 692. The molecular weight excluding hydrogens is 322 g/mol. The smallest absolute Gasteiger partial charge is 0.228 e. The Labute approximate surface area is 145 Å². The Morgan fingerprint density at radius 3 is 3.21 bits per heavy atom. The van der Waals surface area contributed by atoms with E-state index in [-0.39, 0.29) is 17.2 Å². The van der Waals surface area contributed by atoms with E-state index in [1.165, 1.54) is 5.56 Å². The van der Waals surface area contributed by atoms with Crippen molar-refractivity contribution in [2.24, 2.45) is 11.3 Å². The van der Waals surface area contributed by atoms with Gasteiger partial charge < -0.3 is 10.1 Å². The topological polar surface area (TPSA) is 54.5 Å². The highest BCUT2D eigenvalue weighted by Crippen LogP contribution is 2.42. The molecule has 4 heterocycles. The van der Waals surface area contributed by atoms with Crippen LogP contribution in [0.25, 0.3) is 0 Å². The second-order valence-electron chi connectivity index (χ2n) is 6.66. The summed E-state index contributed by atoms with van der Waals surface area (Å²) in [5.74, 6) is 1.16. The van der Waals surface area contributed by atoms with Gasteiger partial charge in [-0.2, -0.15) is 11.3 Å². The van der Waals surface area contributed by atoms with E-state index in [4.69, 9.17) is 4.74 Å². The van der Waals surface area contributed by atoms with Crippen LogP contribution in [0.4, 0.5) is 0 Å². The van der Waals surface area contributed by atoms with Gasteiger partial charge in [-0.25, -0.2) is 0 Å². The van der Waals surface area contributed by atoms with Gasteiger partial charge in [-0.05, 0) is 47.5 Å². The molecule has 1 N–H and O–H groups in total. The largest absolute Gasteiger partial charge is 0.492 e. The molecule has 5 nitrogen and oxygen atoms in total. The summed E-state index contributed by atoms with van der Waals surface area (Å²) in [6.45, 7) is 3.96. The summed E-state index contributed by atoms with van der Waals surface area (Å²) in [5, 5.41) is 7.35. The lowest BCUT2D eigenvalue weighted by Crippen LogP contribution is -2.40. The molecular formula is C18H21N3O2S.